The summed E-state index contributed by atoms with van der Waals surface area (Å²) in [5.74, 6) is 1.15. The summed E-state index contributed by atoms with van der Waals surface area (Å²) in [4.78, 5) is 10.5. The Morgan fingerprint density at radius 3 is 2.48 bits per heavy atom. The van der Waals surface area contributed by atoms with Crippen LogP contribution in [0.3, 0.4) is 0 Å². The van der Waals surface area contributed by atoms with E-state index in [4.69, 9.17) is 14.6 Å². The third-order valence-corrected chi connectivity index (χ3v) is 2.65. The Morgan fingerprint density at radius 1 is 1.10 bits per heavy atom. The molecule has 0 amide bonds. The van der Waals surface area contributed by atoms with Crippen LogP contribution in [0.15, 0.2) is 54.6 Å². The molecule has 0 bridgehead atoms. The maximum absolute atomic E-state index is 10.5. The quantitative estimate of drug-likeness (QED) is 0.815. The molecule has 0 aromatic heterocycles. The van der Waals surface area contributed by atoms with Crippen LogP contribution >= 0.6 is 0 Å². The Labute approximate surface area is 123 Å². The van der Waals surface area contributed by atoms with Gasteiger partial charge in [0.05, 0.1) is 6.61 Å². The molecule has 0 aliphatic heterocycles. The van der Waals surface area contributed by atoms with E-state index in [1.165, 1.54) is 6.08 Å². The molecule has 0 spiro atoms. The van der Waals surface area contributed by atoms with Gasteiger partial charge in [0.15, 0.2) is 0 Å². The maximum atomic E-state index is 10.5. The van der Waals surface area contributed by atoms with Crippen LogP contribution in [0, 0.1) is 0 Å². The fourth-order valence-corrected chi connectivity index (χ4v) is 1.76. The minimum absolute atomic E-state index is 0.623. The molecule has 2 aromatic carbocycles. The van der Waals surface area contributed by atoms with Crippen molar-refractivity contribution in [1.82, 2.24) is 0 Å². The minimum atomic E-state index is -0.979. The van der Waals surface area contributed by atoms with Crippen LogP contribution in [0.4, 0.5) is 0 Å². The van der Waals surface area contributed by atoms with E-state index in [1.807, 2.05) is 49.4 Å². The highest BCUT2D eigenvalue weighted by Gasteiger charge is 1.99. The Balaban J connectivity index is 2.08. The molecule has 2 rings (SSSR count). The normalized spacial score (nSPS) is 10.5. The van der Waals surface area contributed by atoms with Gasteiger partial charge in [0.2, 0.25) is 0 Å². The lowest BCUT2D eigenvalue weighted by molar-refractivity contribution is -0.131. The summed E-state index contributed by atoms with van der Waals surface area (Å²) in [5.41, 5.74) is 0.765. The highest BCUT2D eigenvalue weighted by atomic mass is 16.5. The molecule has 4 nitrogen and oxygen atoms in total. The van der Waals surface area contributed by atoms with Crippen LogP contribution in [-0.4, -0.2) is 17.7 Å². The topological polar surface area (TPSA) is 55.8 Å². The van der Waals surface area contributed by atoms with Crippen LogP contribution < -0.4 is 9.47 Å². The summed E-state index contributed by atoms with van der Waals surface area (Å²) in [6.45, 7) is 2.55. The number of aliphatic carboxylic acids is 1. The van der Waals surface area contributed by atoms with Gasteiger partial charge in [0, 0.05) is 6.08 Å². The van der Waals surface area contributed by atoms with E-state index >= 15 is 0 Å². The van der Waals surface area contributed by atoms with E-state index in [0.29, 0.717) is 18.1 Å². The van der Waals surface area contributed by atoms with Crippen LogP contribution in [0.2, 0.25) is 0 Å². The zero-order chi connectivity index (χ0) is 15.1. The van der Waals surface area contributed by atoms with Crippen molar-refractivity contribution in [2.45, 2.75) is 6.92 Å². The first-order valence-electron chi connectivity index (χ1n) is 6.59. The summed E-state index contributed by atoms with van der Waals surface area (Å²) in [5, 5.41) is 8.62. The van der Waals surface area contributed by atoms with Crippen molar-refractivity contribution in [3.8, 4) is 17.2 Å². The standard InChI is InChI=1S/C17H16O4/c1-2-20-14-7-9-15(10-8-14)21-16-5-3-4-13(12-16)6-11-17(18)19/h3-12H,2H2,1H3,(H,18,19). The molecule has 4 heteroatoms. The molecule has 21 heavy (non-hydrogen) atoms. The summed E-state index contributed by atoms with van der Waals surface area (Å²) < 4.78 is 11.1. The average molecular weight is 284 g/mol. The van der Waals surface area contributed by atoms with E-state index in [0.717, 1.165) is 17.4 Å². The van der Waals surface area contributed by atoms with Crippen molar-refractivity contribution < 1.29 is 19.4 Å². The molecule has 0 heterocycles. The molecule has 0 saturated carbocycles. The van der Waals surface area contributed by atoms with Crippen molar-refractivity contribution in [2.24, 2.45) is 0 Å². The monoisotopic (exact) mass is 284 g/mol. The van der Waals surface area contributed by atoms with Gasteiger partial charge in [-0.3, -0.25) is 0 Å². The summed E-state index contributed by atoms with van der Waals surface area (Å²) in [7, 11) is 0. The molecule has 0 aliphatic carbocycles. The SMILES string of the molecule is CCOc1ccc(Oc2cccc(C=CC(=O)O)c2)cc1. The van der Waals surface area contributed by atoms with Gasteiger partial charge >= 0.3 is 5.97 Å². The molecule has 0 unspecified atom stereocenters. The summed E-state index contributed by atoms with van der Waals surface area (Å²) in [6, 6.07) is 14.5. The largest absolute Gasteiger partial charge is 0.494 e. The molecule has 0 atom stereocenters. The van der Waals surface area contributed by atoms with E-state index < -0.39 is 5.97 Å². The van der Waals surface area contributed by atoms with E-state index in [2.05, 4.69) is 0 Å². The van der Waals surface area contributed by atoms with Gasteiger partial charge < -0.3 is 14.6 Å². The molecule has 108 valence electrons. The van der Waals surface area contributed by atoms with E-state index in [9.17, 15) is 4.79 Å². The second kappa shape index (κ2) is 7.14. The smallest absolute Gasteiger partial charge is 0.328 e. The van der Waals surface area contributed by atoms with Crippen LogP contribution in [-0.2, 0) is 4.79 Å². The minimum Gasteiger partial charge on any atom is -0.494 e. The number of ether oxygens (including phenoxy) is 2. The predicted molar refractivity (Wildman–Crippen MR) is 80.8 cm³/mol. The Kier molecular flexibility index (Phi) is 4.99. The lowest BCUT2D eigenvalue weighted by Crippen LogP contribution is -1.91. The fraction of sp³-hybridized carbons (Fsp3) is 0.118. The number of carboxylic acid groups (broad SMARTS) is 1. The van der Waals surface area contributed by atoms with Crippen molar-refractivity contribution >= 4 is 12.0 Å². The van der Waals surface area contributed by atoms with Gasteiger partial charge in [-0.2, -0.15) is 0 Å². The van der Waals surface area contributed by atoms with Crippen molar-refractivity contribution in [1.29, 1.82) is 0 Å². The summed E-state index contributed by atoms with van der Waals surface area (Å²) in [6.07, 6.45) is 2.61. The summed E-state index contributed by atoms with van der Waals surface area (Å²) >= 11 is 0. The predicted octanol–water partition coefficient (Wildman–Crippen LogP) is 3.98. The third kappa shape index (κ3) is 4.69. The number of hydrogen-bond donors (Lipinski definition) is 1. The van der Waals surface area contributed by atoms with Gasteiger partial charge in [0.1, 0.15) is 17.2 Å². The molecular weight excluding hydrogens is 268 g/mol. The highest BCUT2D eigenvalue weighted by molar-refractivity contribution is 5.85. The molecule has 0 saturated heterocycles. The lowest BCUT2D eigenvalue weighted by atomic mass is 10.2. The van der Waals surface area contributed by atoms with Crippen LogP contribution in [0.5, 0.6) is 17.2 Å². The molecule has 2 aromatic rings. The maximum Gasteiger partial charge on any atom is 0.328 e. The van der Waals surface area contributed by atoms with E-state index in [-0.39, 0.29) is 0 Å². The first kappa shape index (κ1) is 14.7. The van der Waals surface area contributed by atoms with Crippen LogP contribution in [0.25, 0.3) is 6.08 Å². The Bertz CT molecular complexity index is 629. The van der Waals surface area contributed by atoms with Crippen molar-refractivity contribution in [3.63, 3.8) is 0 Å². The number of carbonyl (C=O) groups is 1. The van der Waals surface area contributed by atoms with E-state index in [1.54, 1.807) is 6.07 Å². The number of benzene rings is 2. The van der Waals surface area contributed by atoms with Gasteiger partial charge in [-0.25, -0.2) is 4.79 Å². The van der Waals surface area contributed by atoms with Gasteiger partial charge in [-0.05, 0) is 55.0 Å². The lowest BCUT2D eigenvalue weighted by Gasteiger charge is -2.08. The number of hydrogen-bond acceptors (Lipinski definition) is 3. The van der Waals surface area contributed by atoms with Gasteiger partial charge in [0.25, 0.3) is 0 Å². The zero-order valence-corrected chi connectivity index (χ0v) is 11.7. The molecular formula is C17H16O4. The molecule has 1 N–H and O–H groups in total. The van der Waals surface area contributed by atoms with Crippen molar-refractivity contribution in [3.05, 3.63) is 60.2 Å². The fourth-order valence-electron chi connectivity index (χ4n) is 1.76. The van der Waals surface area contributed by atoms with Gasteiger partial charge in [-0.1, -0.05) is 12.1 Å². The number of rotatable bonds is 6. The molecule has 0 fully saturated rings. The average Bonchev–Trinajstić information content (AvgIpc) is 2.48. The van der Waals surface area contributed by atoms with Crippen molar-refractivity contribution in [2.75, 3.05) is 6.61 Å². The zero-order valence-electron chi connectivity index (χ0n) is 11.7. The van der Waals surface area contributed by atoms with Gasteiger partial charge in [-0.15, -0.1) is 0 Å². The third-order valence-electron chi connectivity index (χ3n) is 2.65. The molecule has 0 aliphatic rings. The number of carboxylic acids is 1. The Morgan fingerprint density at radius 2 is 1.81 bits per heavy atom. The first-order valence-corrected chi connectivity index (χ1v) is 6.59. The highest BCUT2D eigenvalue weighted by Crippen LogP contribution is 2.24. The molecule has 0 radical (unpaired) electrons. The Hall–Kier alpha value is -2.75. The van der Waals surface area contributed by atoms with Crippen LogP contribution in [0.1, 0.15) is 12.5 Å². The second-order valence-corrected chi connectivity index (χ2v) is 4.25. The first-order chi connectivity index (χ1) is 10.2. The second-order valence-electron chi connectivity index (χ2n) is 4.25.